The molecule has 0 spiro atoms. The first-order chi connectivity index (χ1) is 13.0. The fourth-order valence-corrected chi connectivity index (χ4v) is 3.83. The summed E-state index contributed by atoms with van der Waals surface area (Å²) >= 11 is 5.34. The molecule has 3 nitrogen and oxygen atoms in total. The van der Waals surface area contributed by atoms with Crippen molar-refractivity contribution in [2.24, 2.45) is 0 Å². The van der Waals surface area contributed by atoms with E-state index in [1.54, 1.807) is 0 Å². The third-order valence-electron chi connectivity index (χ3n) is 4.91. The molecule has 0 radical (unpaired) electrons. The predicted octanol–water partition coefficient (Wildman–Crippen LogP) is 5.00. The normalized spacial score (nSPS) is 11.5. The summed E-state index contributed by atoms with van der Waals surface area (Å²) in [5, 5.41) is 6.20. The van der Waals surface area contributed by atoms with Crippen molar-refractivity contribution in [2.45, 2.75) is 20.3 Å². The van der Waals surface area contributed by atoms with Crippen LogP contribution < -0.4 is 10.6 Å². The second kappa shape index (κ2) is 6.97. The third-order valence-corrected chi connectivity index (χ3v) is 5.11. The van der Waals surface area contributed by atoms with Gasteiger partial charge in [0, 0.05) is 11.3 Å². The molecule has 1 aliphatic rings. The van der Waals surface area contributed by atoms with Gasteiger partial charge in [0.25, 0.3) is 5.91 Å². The molecule has 3 aromatic rings. The maximum Gasteiger partial charge on any atom is 0.257 e. The van der Waals surface area contributed by atoms with Crippen molar-refractivity contribution in [3.05, 3.63) is 88.5 Å². The van der Waals surface area contributed by atoms with Crippen molar-refractivity contribution in [3.63, 3.8) is 0 Å². The van der Waals surface area contributed by atoms with E-state index >= 15 is 0 Å². The van der Waals surface area contributed by atoms with Gasteiger partial charge in [-0.2, -0.15) is 0 Å². The van der Waals surface area contributed by atoms with E-state index in [4.69, 9.17) is 12.2 Å². The topological polar surface area (TPSA) is 41.1 Å². The number of anilines is 1. The molecule has 0 aliphatic heterocycles. The SMILES string of the molecule is Cc1ccc(C(=O)NC(=S)Nc2ccc3c(c2)Cc2ccccc2-3)c(C)c1. The van der Waals surface area contributed by atoms with E-state index in [1.807, 2.05) is 38.1 Å². The largest absolute Gasteiger partial charge is 0.332 e. The fraction of sp³-hybridized carbons (Fsp3) is 0.130. The molecular formula is C23H20N2OS. The highest BCUT2D eigenvalue weighted by Crippen LogP contribution is 2.37. The number of hydrogen-bond acceptors (Lipinski definition) is 2. The van der Waals surface area contributed by atoms with E-state index in [9.17, 15) is 4.79 Å². The number of thiocarbonyl (C=S) groups is 1. The van der Waals surface area contributed by atoms with Gasteiger partial charge >= 0.3 is 0 Å². The second-order valence-corrected chi connectivity index (χ2v) is 7.34. The average molecular weight is 372 g/mol. The van der Waals surface area contributed by atoms with Gasteiger partial charge in [-0.1, -0.05) is 48.0 Å². The Morgan fingerprint density at radius 1 is 0.926 bits per heavy atom. The Morgan fingerprint density at radius 2 is 1.70 bits per heavy atom. The van der Waals surface area contributed by atoms with E-state index in [0.29, 0.717) is 10.7 Å². The quantitative estimate of drug-likeness (QED) is 0.487. The molecule has 0 fully saturated rings. The lowest BCUT2D eigenvalue weighted by Crippen LogP contribution is -2.34. The first kappa shape index (κ1) is 17.4. The van der Waals surface area contributed by atoms with Gasteiger partial charge < -0.3 is 5.32 Å². The highest BCUT2D eigenvalue weighted by Gasteiger charge is 2.18. The second-order valence-electron chi connectivity index (χ2n) is 6.93. The number of fused-ring (bicyclic) bond motifs is 3. The molecule has 134 valence electrons. The number of hydrogen-bond donors (Lipinski definition) is 2. The Labute approximate surface area is 164 Å². The Kier molecular flexibility index (Phi) is 4.50. The van der Waals surface area contributed by atoms with Crippen LogP contribution in [0.1, 0.15) is 32.6 Å². The highest BCUT2D eigenvalue weighted by atomic mass is 32.1. The summed E-state index contributed by atoms with van der Waals surface area (Å²) in [7, 11) is 0. The summed E-state index contributed by atoms with van der Waals surface area (Å²) in [4.78, 5) is 12.5. The average Bonchev–Trinajstić information content (AvgIpc) is 2.99. The predicted molar refractivity (Wildman–Crippen MR) is 114 cm³/mol. The number of carbonyl (C=O) groups excluding carboxylic acids is 1. The highest BCUT2D eigenvalue weighted by molar-refractivity contribution is 7.80. The lowest BCUT2D eigenvalue weighted by molar-refractivity contribution is 0.0977. The zero-order valence-corrected chi connectivity index (χ0v) is 16.1. The van der Waals surface area contributed by atoms with E-state index in [-0.39, 0.29) is 5.91 Å². The number of benzene rings is 3. The van der Waals surface area contributed by atoms with Gasteiger partial charge in [-0.05, 0) is 78.5 Å². The van der Waals surface area contributed by atoms with Gasteiger partial charge in [-0.15, -0.1) is 0 Å². The van der Waals surface area contributed by atoms with Crippen molar-refractivity contribution in [1.29, 1.82) is 0 Å². The molecule has 2 N–H and O–H groups in total. The molecule has 0 saturated carbocycles. The Balaban J connectivity index is 1.46. The number of aryl methyl sites for hydroxylation is 2. The zero-order chi connectivity index (χ0) is 19.0. The molecule has 0 saturated heterocycles. The molecule has 1 aliphatic carbocycles. The van der Waals surface area contributed by atoms with Crippen LogP contribution in [0.2, 0.25) is 0 Å². The van der Waals surface area contributed by atoms with Crippen LogP contribution in [0.3, 0.4) is 0 Å². The fourth-order valence-electron chi connectivity index (χ4n) is 3.62. The molecular weight excluding hydrogens is 352 g/mol. The zero-order valence-electron chi connectivity index (χ0n) is 15.3. The van der Waals surface area contributed by atoms with Gasteiger partial charge in [0.1, 0.15) is 0 Å². The van der Waals surface area contributed by atoms with Crippen molar-refractivity contribution >= 4 is 28.9 Å². The molecule has 4 heteroatoms. The summed E-state index contributed by atoms with van der Waals surface area (Å²) in [6.07, 6.45) is 0.919. The smallest absolute Gasteiger partial charge is 0.257 e. The summed E-state index contributed by atoms with van der Waals surface area (Å²) in [5.74, 6) is -0.196. The maximum atomic E-state index is 12.5. The van der Waals surface area contributed by atoms with Crippen LogP contribution in [0.25, 0.3) is 11.1 Å². The van der Waals surface area contributed by atoms with Crippen LogP contribution in [0.15, 0.2) is 60.7 Å². The molecule has 0 heterocycles. The van der Waals surface area contributed by atoms with Crippen molar-refractivity contribution in [2.75, 3.05) is 5.32 Å². The van der Waals surface area contributed by atoms with Crippen LogP contribution in [0.5, 0.6) is 0 Å². The monoisotopic (exact) mass is 372 g/mol. The maximum absolute atomic E-state index is 12.5. The van der Waals surface area contributed by atoms with E-state index in [0.717, 1.165) is 23.2 Å². The van der Waals surface area contributed by atoms with Crippen LogP contribution in [0, 0.1) is 13.8 Å². The van der Waals surface area contributed by atoms with Crippen LogP contribution in [-0.4, -0.2) is 11.0 Å². The number of rotatable bonds is 2. The van der Waals surface area contributed by atoms with E-state index < -0.39 is 0 Å². The van der Waals surface area contributed by atoms with Crippen LogP contribution in [0.4, 0.5) is 5.69 Å². The van der Waals surface area contributed by atoms with Crippen molar-refractivity contribution in [3.8, 4) is 11.1 Å². The van der Waals surface area contributed by atoms with Gasteiger partial charge in [0.15, 0.2) is 5.11 Å². The van der Waals surface area contributed by atoms with Crippen molar-refractivity contribution < 1.29 is 4.79 Å². The molecule has 1 amide bonds. The minimum absolute atomic E-state index is 0.196. The summed E-state index contributed by atoms with van der Waals surface area (Å²) < 4.78 is 0. The standard InChI is InChI=1S/C23H20N2OS/c1-14-7-9-19(15(2)11-14)22(26)25-23(27)24-18-8-10-21-17(13-18)12-16-5-3-4-6-20(16)21/h3-11,13H,12H2,1-2H3,(H2,24,25,26,27). The van der Waals surface area contributed by atoms with Crippen LogP contribution >= 0.6 is 12.2 Å². The number of carbonyl (C=O) groups is 1. The van der Waals surface area contributed by atoms with E-state index in [2.05, 4.69) is 47.0 Å². The molecule has 0 unspecified atom stereocenters. The summed E-state index contributed by atoms with van der Waals surface area (Å²) in [6.45, 7) is 3.93. The van der Waals surface area contributed by atoms with Gasteiger partial charge in [-0.3, -0.25) is 10.1 Å². The third kappa shape index (κ3) is 3.49. The molecule has 27 heavy (non-hydrogen) atoms. The molecule has 0 aromatic heterocycles. The Hall–Kier alpha value is -2.98. The molecule has 0 atom stereocenters. The van der Waals surface area contributed by atoms with Crippen molar-refractivity contribution in [1.82, 2.24) is 5.32 Å². The van der Waals surface area contributed by atoms with Gasteiger partial charge in [0.05, 0.1) is 0 Å². The molecule has 0 bridgehead atoms. The minimum atomic E-state index is -0.196. The summed E-state index contributed by atoms with van der Waals surface area (Å²) in [5.41, 5.74) is 8.75. The molecule has 3 aromatic carbocycles. The molecule has 4 rings (SSSR count). The lowest BCUT2D eigenvalue weighted by atomic mass is 10.1. The first-order valence-corrected chi connectivity index (χ1v) is 9.33. The van der Waals surface area contributed by atoms with Crippen LogP contribution in [-0.2, 0) is 6.42 Å². The van der Waals surface area contributed by atoms with Gasteiger partial charge in [-0.25, -0.2) is 0 Å². The number of nitrogens with one attached hydrogen (secondary N) is 2. The minimum Gasteiger partial charge on any atom is -0.332 e. The Bertz CT molecular complexity index is 1070. The van der Waals surface area contributed by atoms with E-state index in [1.165, 1.54) is 22.3 Å². The Morgan fingerprint density at radius 3 is 2.52 bits per heavy atom. The first-order valence-electron chi connectivity index (χ1n) is 8.92. The lowest BCUT2D eigenvalue weighted by Gasteiger charge is -2.12. The van der Waals surface area contributed by atoms with Gasteiger partial charge in [0.2, 0.25) is 0 Å². The number of amides is 1. The summed E-state index contributed by atoms with van der Waals surface area (Å²) in [6, 6.07) is 20.4.